The Kier molecular flexibility index (Phi) is 4.58. The first-order valence-electron chi connectivity index (χ1n) is 7.15. The molecule has 19 heavy (non-hydrogen) atoms. The molecule has 1 saturated heterocycles. The Morgan fingerprint density at radius 1 is 1.63 bits per heavy atom. The van der Waals surface area contributed by atoms with Gasteiger partial charge in [-0.15, -0.1) is 0 Å². The van der Waals surface area contributed by atoms with Crippen LogP contribution in [0.4, 0.5) is 0 Å². The minimum atomic E-state index is -0.217. The number of rotatable bonds is 4. The smallest absolute Gasteiger partial charge is 0.276 e. The maximum Gasteiger partial charge on any atom is 0.276 e. The topological polar surface area (TPSA) is 72.4 Å². The Morgan fingerprint density at radius 2 is 2.42 bits per heavy atom. The molecule has 2 rings (SSSR count). The second-order valence-electron chi connectivity index (χ2n) is 5.31. The van der Waals surface area contributed by atoms with E-state index in [0.717, 1.165) is 32.2 Å². The van der Waals surface area contributed by atoms with Crippen molar-refractivity contribution in [2.75, 3.05) is 6.54 Å². The zero-order valence-corrected chi connectivity index (χ0v) is 11.8. The Bertz CT molecular complexity index is 430. The predicted octanol–water partition coefficient (Wildman–Crippen LogP) is 2.49. The summed E-state index contributed by atoms with van der Waals surface area (Å²) >= 11 is 0. The molecule has 1 fully saturated rings. The summed E-state index contributed by atoms with van der Waals surface area (Å²) in [5.41, 5.74) is 6.33. The van der Waals surface area contributed by atoms with Gasteiger partial charge in [-0.2, -0.15) is 0 Å². The molecular weight excluding hydrogens is 242 g/mol. The number of amides is 1. The van der Waals surface area contributed by atoms with Crippen molar-refractivity contribution in [3.05, 3.63) is 17.8 Å². The largest absolute Gasteiger partial charge is 0.446 e. The van der Waals surface area contributed by atoms with Gasteiger partial charge in [0.15, 0.2) is 5.69 Å². The minimum Gasteiger partial charge on any atom is -0.446 e. The average Bonchev–Trinajstić information content (AvgIpc) is 2.88. The van der Waals surface area contributed by atoms with Gasteiger partial charge in [0.2, 0.25) is 5.89 Å². The lowest BCUT2D eigenvalue weighted by Gasteiger charge is -2.32. The molecule has 1 amide bonds. The molecule has 1 aromatic heterocycles. The second kappa shape index (κ2) is 6.19. The fraction of sp³-hybridized carbons (Fsp3) is 0.714. The van der Waals surface area contributed by atoms with E-state index in [1.165, 1.54) is 12.7 Å². The molecule has 2 heterocycles. The van der Waals surface area contributed by atoms with Crippen LogP contribution in [0.5, 0.6) is 0 Å². The van der Waals surface area contributed by atoms with Crippen molar-refractivity contribution in [3.8, 4) is 0 Å². The van der Waals surface area contributed by atoms with Crippen LogP contribution in [-0.4, -0.2) is 28.4 Å². The number of piperidine rings is 1. The van der Waals surface area contributed by atoms with Crippen molar-refractivity contribution < 1.29 is 9.21 Å². The summed E-state index contributed by atoms with van der Waals surface area (Å²) < 4.78 is 5.34. The van der Waals surface area contributed by atoms with Crippen LogP contribution in [0.25, 0.3) is 0 Å². The van der Waals surface area contributed by atoms with Crippen molar-refractivity contribution in [2.45, 2.75) is 58.0 Å². The zero-order chi connectivity index (χ0) is 13.8. The standard InChI is InChI=1S/C14H23N3O2/c1-3-6-11(15)13-16-12(9-19-13)14(18)17-8-5-4-7-10(17)2/h9-11H,3-8,15H2,1-2H3. The van der Waals surface area contributed by atoms with E-state index >= 15 is 0 Å². The van der Waals surface area contributed by atoms with Gasteiger partial charge in [0, 0.05) is 12.6 Å². The van der Waals surface area contributed by atoms with Gasteiger partial charge in [-0.05, 0) is 32.6 Å². The van der Waals surface area contributed by atoms with E-state index in [9.17, 15) is 4.79 Å². The molecule has 2 N–H and O–H groups in total. The lowest BCUT2D eigenvalue weighted by atomic mass is 10.0. The van der Waals surface area contributed by atoms with Crippen LogP contribution in [-0.2, 0) is 0 Å². The molecule has 2 unspecified atom stereocenters. The van der Waals surface area contributed by atoms with Gasteiger partial charge in [-0.3, -0.25) is 4.79 Å². The fourth-order valence-corrected chi connectivity index (χ4v) is 2.54. The van der Waals surface area contributed by atoms with E-state index in [0.29, 0.717) is 11.6 Å². The number of nitrogens with two attached hydrogens (primary N) is 1. The molecule has 106 valence electrons. The number of nitrogens with zero attached hydrogens (tertiary/aromatic N) is 2. The Balaban J connectivity index is 2.07. The van der Waals surface area contributed by atoms with Gasteiger partial charge in [-0.1, -0.05) is 13.3 Å². The minimum absolute atomic E-state index is 0.0362. The molecule has 0 saturated carbocycles. The summed E-state index contributed by atoms with van der Waals surface area (Å²) in [7, 11) is 0. The SMILES string of the molecule is CCCC(N)c1nc(C(=O)N2CCCCC2C)co1. The van der Waals surface area contributed by atoms with Crippen LogP contribution in [0.3, 0.4) is 0 Å². The average molecular weight is 265 g/mol. The van der Waals surface area contributed by atoms with Crippen molar-refractivity contribution in [2.24, 2.45) is 5.73 Å². The summed E-state index contributed by atoms with van der Waals surface area (Å²) in [6, 6.07) is 0.0658. The lowest BCUT2D eigenvalue weighted by molar-refractivity contribution is 0.0629. The van der Waals surface area contributed by atoms with Crippen LogP contribution in [0, 0.1) is 0 Å². The van der Waals surface area contributed by atoms with Crippen LogP contribution in [0.2, 0.25) is 0 Å². The van der Waals surface area contributed by atoms with Crippen LogP contribution in [0.1, 0.15) is 68.4 Å². The molecule has 0 bridgehead atoms. The van der Waals surface area contributed by atoms with Gasteiger partial charge in [0.25, 0.3) is 5.91 Å². The summed E-state index contributed by atoms with van der Waals surface area (Å²) in [6.45, 7) is 4.95. The van der Waals surface area contributed by atoms with Gasteiger partial charge in [-0.25, -0.2) is 4.98 Å². The highest BCUT2D eigenvalue weighted by atomic mass is 16.3. The molecule has 5 nitrogen and oxygen atoms in total. The van der Waals surface area contributed by atoms with E-state index in [1.807, 2.05) is 4.90 Å². The lowest BCUT2D eigenvalue weighted by Crippen LogP contribution is -2.42. The molecule has 1 aliphatic heterocycles. The third kappa shape index (κ3) is 3.15. The normalized spacial score (nSPS) is 21.4. The second-order valence-corrected chi connectivity index (χ2v) is 5.31. The van der Waals surface area contributed by atoms with Gasteiger partial charge >= 0.3 is 0 Å². The maximum absolute atomic E-state index is 12.4. The number of hydrogen-bond acceptors (Lipinski definition) is 4. The van der Waals surface area contributed by atoms with E-state index in [4.69, 9.17) is 10.2 Å². The highest BCUT2D eigenvalue weighted by Crippen LogP contribution is 2.20. The number of likely N-dealkylation sites (tertiary alicyclic amines) is 1. The third-order valence-corrected chi connectivity index (χ3v) is 3.72. The van der Waals surface area contributed by atoms with E-state index < -0.39 is 0 Å². The van der Waals surface area contributed by atoms with E-state index in [2.05, 4.69) is 18.8 Å². The van der Waals surface area contributed by atoms with Crippen molar-refractivity contribution in [1.82, 2.24) is 9.88 Å². The van der Waals surface area contributed by atoms with Gasteiger partial charge in [0.05, 0.1) is 6.04 Å². The first-order chi connectivity index (χ1) is 9.13. The number of aromatic nitrogens is 1. The van der Waals surface area contributed by atoms with Crippen molar-refractivity contribution >= 4 is 5.91 Å². The number of carbonyl (C=O) groups is 1. The van der Waals surface area contributed by atoms with Gasteiger partial charge in [0.1, 0.15) is 6.26 Å². The van der Waals surface area contributed by atoms with Gasteiger partial charge < -0.3 is 15.1 Å². The number of carbonyl (C=O) groups excluding carboxylic acids is 1. The van der Waals surface area contributed by atoms with Crippen LogP contribution in [0.15, 0.2) is 10.7 Å². The molecule has 2 atom stereocenters. The summed E-state index contributed by atoms with van der Waals surface area (Å²) in [5.74, 6) is 0.431. The molecule has 0 radical (unpaired) electrons. The first-order valence-corrected chi connectivity index (χ1v) is 7.15. The Morgan fingerprint density at radius 3 is 3.11 bits per heavy atom. The highest BCUT2D eigenvalue weighted by molar-refractivity contribution is 5.92. The highest BCUT2D eigenvalue weighted by Gasteiger charge is 2.27. The summed E-state index contributed by atoms with van der Waals surface area (Å²) in [5, 5.41) is 0. The number of hydrogen-bond donors (Lipinski definition) is 1. The molecule has 5 heteroatoms. The Hall–Kier alpha value is -1.36. The predicted molar refractivity (Wildman–Crippen MR) is 72.7 cm³/mol. The zero-order valence-electron chi connectivity index (χ0n) is 11.8. The molecule has 0 spiro atoms. The van der Waals surface area contributed by atoms with E-state index in [1.54, 1.807) is 0 Å². The molecule has 1 aliphatic rings. The first kappa shape index (κ1) is 14.1. The van der Waals surface area contributed by atoms with Crippen molar-refractivity contribution in [3.63, 3.8) is 0 Å². The van der Waals surface area contributed by atoms with E-state index in [-0.39, 0.29) is 18.0 Å². The van der Waals surface area contributed by atoms with Crippen LogP contribution < -0.4 is 5.73 Å². The van der Waals surface area contributed by atoms with Crippen molar-refractivity contribution in [1.29, 1.82) is 0 Å². The third-order valence-electron chi connectivity index (χ3n) is 3.72. The molecule has 0 aliphatic carbocycles. The molecule has 0 aromatic carbocycles. The number of oxazole rings is 1. The maximum atomic E-state index is 12.4. The molecule has 1 aromatic rings. The summed E-state index contributed by atoms with van der Waals surface area (Å²) in [6.07, 6.45) is 6.54. The quantitative estimate of drug-likeness (QED) is 0.907. The molecular formula is C14H23N3O2. The van der Waals surface area contributed by atoms with Crippen LogP contribution >= 0.6 is 0 Å². The fourth-order valence-electron chi connectivity index (χ4n) is 2.54. The Labute approximate surface area is 114 Å². The summed E-state index contributed by atoms with van der Waals surface area (Å²) in [4.78, 5) is 18.5. The monoisotopic (exact) mass is 265 g/mol.